The normalized spacial score (nSPS) is 13.9. The van der Waals surface area contributed by atoms with E-state index in [0.717, 1.165) is 31.6 Å². The van der Waals surface area contributed by atoms with Gasteiger partial charge in [0.05, 0.1) is 6.54 Å². The summed E-state index contributed by atoms with van der Waals surface area (Å²) >= 11 is 0. The predicted molar refractivity (Wildman–Crippen MR) is 128 cm³/mol. The molecule has 1 fully saturated rings. The maximum absolute atomic E-state index is 12.7. The molecule has 0 saturated carbocycles. The number of nitrogens with one attached hydrogen (secondary N) is 3. The van der Waals surface area contributed by atoms with Gasteiger partial charge in [0.25, 0.3) is 5.91 Å². The molecule has 0 aliphatic carbocycles. The molecule has 1 saturated heterocycles. The molecule has 2 aromatic rings. The number of nitrogens with zero attached hydrogens (tertiary/aromatic N) is 1. The highest BCUT2D eigenvalue weighted by Gasteiger charge is 2.17. The highest BCUT2D eigenvalue weighted by Crippen LogP contribution is 2.17. The first-order valence-electron chi connectivity index (χ1n) is 11.3. The summed E-state index contributed by atoms with van der Waals surface area (Å²) in [7, 11) is 0. The zero-order chi connectivity index (χ0) is 22.9. The van der Waals surface area contributed by atoms with Gasteiger partial charge in [-0.1, -0.05) is 32.8 Å². The lowest BCUT2D eigenvalue weighted by molar-refractivity contribution is -0.119. The van der Waals surface area contributed by atoms with E-state index in [9.17, 15) is 14.4 Å². The zero-order valence-electron chi connectivity index (χ0n) is 18.8. The van der Waals surface area contributed by atoms with E-state index in [1.807, 2.05) is 30.9 Å². The Morgan fingerprint density at radius 3 is 2.16 bits per heavy atom. The monoisotopic (exact) mass is 436 g/mol. The highest BCUT2D eigenvalue weighted by atomic mass is 16.2. The lowest BCUT2D eigenvalue weighted by Gasteiger charge is -2.20. The molecule has 3 rings (SSSR count). The fourth-order valence-corrected chi connectivity index (χ4v) is 3.53. The Morgan fingerprint density at radius 2 is 1.50 bits per heavy atom. The molecule has 0 spiro atoms. The molecule has 7 heteroatoms. The second kappa shape index (κ2) is 11.3. The Bertz CT molecular complexity index is 932. The summed E-state index contributed by atoms with van der Waals surface area (Å²) in [6.07, 6.45) is 4.47. The molecule has 0 aromatic heterocycles. The van der Waals surface area contributed by atoms with Crippen LogP contribution in [0.4, 0.5) is 17.1 Å². The van der Waals surface area contributed by atoms with Crippen molar-refractivity contribution in [3.63, 3.8) is 0 Å². The average Bonchev–Trinajstić information content (AvgIpc) is 3.07. The zero-order valence-corrected chi connectivity index (χ0v) is 18.8. The number of carbonyl (C=O) groups is 3. The van der Waals surface area contributed by atoms with Crippen LogP contribution in [-0.4, -0.2) is 42.3 Å². The summed E-state index contributed by atoms with van der Waals surface area (Å²) in [5.74, 6) is -0.315. The topological polar surface area (TPSA) is 90.5 Å². The third kappa shape index (κ3) is 6.83. The molecular weight excluding hydrogens is 404 g/mol. The van der Waals surface area contributed by atoms with Crippen LogP contribution >= 0.6 is 0 Å². The maximum atomic E-state index is 12.7. The van der Waals surface area contributed by atoms with Gasteiger partial charge in [-0.25, -0.2) is 0 Å². The predicted octanol–water partition coefficient (Wildman–Crippen LogP) is 4.35. The quantitative estimate of drug-likeness (QED) is 0.602. The van der Waals surface area contributed by atoms with E-state index in [4.69, 9.17) is 0 Å². The second-order valence-corrected chi connectivity index (χ2v) is 8.41. The van der Waals surface area contributed by atoms with Crippen LogP contribution in [0.3, 0.4) is 0 Å². The van der Waals surface area contributed by atoms with E-state index in [1.54, 1.807) is 36.4 Å². The van der Waals surface area contributed by atoms with Crippen molar-refractivity contribution >= 4 is 34.8 Å². The van der Waals surface area contributed by atoms with Gasteiger partial charge in [-0.15, -0.1) is 0 Å². The van der Waals surface area contributed by atoms with Gasteiger partial charge in [0, 0.05) is 41.6 Å². The van der Waals surface area contributed by atoms with E-state index < -0.39 is 0 Å². The van der Waals surface area contributed by atoms with Gasteiger partial charge >= 0.3 is 0 Å². The second-order valence-electron chi connectivity index (χ2n) is 8.41. The van der Waals surface area contributed by atoms with Crippen molar-refractivity contribution in [2.24, 2.45) is 5.92 Å². The van der Waals surface area contributed by atoms with Crippen molar-refractivity contribution in [3.05, 3.63) is 54.1 Å². The Labute approximate surface area is 189 Å². The Kier molecular flexibility index (Phi) is 8.25. The lowest BCUT2D eigenvalue weighted by Crippen LogP contribution is -2.31. The SMILES string of the molecule is CC(C)C(=O)Nc1cccc(NCC(=O)Nc2ccc(C(=O)N3CCCCCC3)cc2)c1. The molecule has 1 aliphatic heterocycles. The number of carbonyl (C=O) groups excluding carboxylic acids is 3. The molecule has 0 radical (unpaired) electrons. The van der Waals surface area contributed by atoms with E-state index in [1.165, 1.54) is 12.8 Å². The van der Waals surface area contributed by atoms with Gasteiger partial charge in [-0.2, -0.15) is 0 Å². The van der Waals surface area contributed by atoms with Crippen LogP contribution < -0.4 is 16.0 Å². The molecule has 1 heterocycles. The van der Waals surface area contributed by atoms with Crippen molar-refractivity contribution in [2.45, 2.75) is 39.5 Å². The highest BCUT2D eigenvalue weighted by molar-refractivity contribution is 5.97. The van der Waals surface area contributed by atoms with Crippen LogP contribution in [0.5, 0.6) is 0 Å². The molecule has 0 bridgehead atoms. The number of anilines is 3. The van der Waals surface area contributed by atoms with Gasteiger partial charge in [0.1, 0.15) is 0 Å². The average molecular weight is 437 g/mol. The Balaban J connectivity index is 1.50. The van der Waals surface area contributed by atoms with Crippen molar-refractivity contribution < 1.29 is 14.4 Å². The van der Waals surface area contributed by atoms with Crippen LogP contribution in [0.1, 0.15) is 49.9 Å². The molecule has 170 valence electrons. The van der Waals surface area contributed by atoms with E-state index in [-0.39, 0.29) is 30.2 Å². The molecule has 1 aliphatic rings. The van der Waals surface area contributed by atoms with Crippen molar-refractivity contribution in [1.82, 2.24) is 4.90 Å². The molecule has 32 heavy (non-hydrogen) atoms. The van der Waals surface area contributed by atoms with Gasteiger partial charge in [0.2, 0.25) is 11.8 Å². The van der Waals surface area contributed by atoms with Gasteiger partial charge < -0.3 is 20.9 Å². The van der Waals surface area contributed by atoms with Crippen LogP contribution in [-0.2, 0) is 9.59 Å². The first-order chi connectivity index (χ1) is 15.4. The minimum Gasteiger partial charge on any atom is -0.376 e. The van der Waals surface area contributed by atoms with Crippen molar-refractivity contribution in [1.29, 1.82) is 0 Å². The molecular formula is C25H32N4O3. The van der Waals surface area contributed by atoms with E-state index >= 15 is 0 Å². The third-order valence-electron chi connectivity index (χ3n) is 5.42. The number of hydrogen-bond acceptors (Lipinski definition) is 4. The van der Waals surface area contributed by atoms with Gasteiger partial charge in [-0.3, -0.25) is 14.4 Å². The number of benzene rings is 2. The summed E-state index contributed by atoms with van der Waals surface area (Å²) in [5.41, 5.74) is 2.70. The number of hydrogen-bond donors (Lipinski definition) is 3. The van der Waals surface area contributed by atoms with Crippen molar-refractivity contribution in [3.8, 4) is 0 Å². The molecule has 3 amide bonds. The first-order valence-corrected chi connectivity index (χ1v) is 11.3. The molecule has 2 aromatic carbocycles. The molecule has 7 nitrogen and oxygen atoms in total. The number of likely N-dealkylation sites (tertiary alicyclic amines) is 1. The van der Waals surface area contributed by atoms with Gasteiger partial charge in [0.15, 0.2) is 0 Å². The minimum absolute atomic E-state index is 0.0517. The maximum Gasteiger partial charge on any atom is 0.253 e. The number of amides is 3. The summed E-state index contributed by atoms with van der Waals surface area (Å²) in [6, 6.07) is 14.3. The van der Waals surface area contributed by atoms with E-state index in [0.29, 0.717) is 16.9 Å². The Hall–Kier alpha value is -3.35. The summed E-state index contributed by atoms with van der Waals surface area (Å²) in [4.78, 5) is 38.8. The molecule has 0 unspecified atom stereocenters. The smallest absolute Gasteiger partial charge is 0.253 e. The van der Waals surface area contributed by atoms with Crippen molar-refractivity contribution in [2.75, 3.05) is 35.6 Å². The van der Waals surface area contributed by atoms with Crippen LogP contribution in [0.15, 0.2) is 48.5 Å². The molecule has 0 atom stereocenters. The van der Waals surface area contributed by atoms with Crippen LogP contribution in [0.2, 0.25) is 0 Å². The fourth-order valence-electron chi connectivity index (χ4n) is 3.53. The standard InChI is InChI=1S/C25H32N4O3/c1-18(2)24(31)28-22-9-7-8-21(16-22)26-17-23(30)27-20-12-10-19(11-13-20)25(32)29-14-5-3-4-6-15-29/h7-13,16,18,26H,3-6,14-15,17H2,1-2H3,(H,27,30)(H,28,31). The lowest BCUT2D eigenvalue weighted by atomic mass is 10.1. The largest absolute Gasteiger partial charge is 0.376 e. The van der Waals surface area contributed by atoms with Gasteiger partial charge in [-0.05, 0) is 55.3 Å². The minimum atomic E-state index is -0.201. The summed E-state index contributed by atoms with van der Waals surface area (Å²) in [6.45, 7) is 5.37. The van der Waals surface area contributed by atoms with E-state index in [2.05, 4.69) is 16.0 Å². The summed E-state index contributed by atoms with van der Waals surface area (Å²) < 4.78 is 0. The van der Waals surface area contributed by atoms with Crippen LogP contribution in [0, 0.1) is 5.92 Å². The number of rotatable bonds is 7. The molecule has 3 N–H and O–H groups in total. The summed E-state index contributed by atoms with van der Waals surface area (Å²) in [5, 5.41) is 8.74. The Morgan fingerprint density at radius 1 is 0.844 bits per heavy atom. The first kappa shape index (κ1) is 23.3. The fraction of sp³-hybridized carbons (Fsp3) is 0.400. The van der Waals surface area contributed by atoms with Crippen LogP contribution in [0.25, 0.3) is 0 Å². The third-order valence-corrected chi connectivity index (χ3v) is 5.42.